The molecule has 0 aliphatic heterocycles. The Hall–Kier alpha value is -3.30. The van der Waals surface area contributed by atoms with Crippen LogP contribution < -0.4 is 30.3 Å². The van der Waals surface area contributed by atoms with E-state index >= 15 is 0 Å². The highest BCUT2D eigenvalue weighted by Gasteiger charge is 2.29. The Morgan fingerprint density at radius 2 is 0.955 bits per heavy atom. The van der Waals surface area contributed by atoms with Gasteiger partial charge >= 0.3 is 12.4 Å². The van der Waals surface area contributed by atoms with Crippen molar-refractivity contribution in [1.29, 1.82) is 0 Å². The highest BCUT2D eigenvalue weighted by atomic mass is 32.2. The smallest absolute Gasteiger partial charge is 0.430 e. The Balaban J connectivity index is 0.00000109. The number of carboxylic acids is 2. The fraction of sp³-hybridized carbons (Fsp3) is 0.417. The highest BCUT2D eigenvalue weighted by Crippen LogP contribution is 2.12. The van der Waals surface area contributed by atoms with Gasteiger partial charge in [-0.25, -0.2) is 26.3 Å². The second-order valence-electron chi connectivity index (χ2n) is 8.85. The van der Waals surface area contributed by atoms with Crippen LogP contribution in [0.1, 0.15) is 11.1 Å². The lowest BCUT2D eigenvalue weighted by Gasteiger charge is -2.18. The van der Waals surface area contributed by atoms with Crippen LogP contribution in [-0.4, -0.2) is 80.4 Å². The normalized spacial score (nSPS) is 12.0. The summed E-state index contributed by atoms with van der Waals surface area (Å²) in [4.78, 5) is 19.1. The number of aliphatic carboxylic acids is 2. The molecule has 6 N–H and O–H groups in total. The fourth-order valence-corrected chi connectivity index (χ4v) is 5.01. The number of halogens is 6. The van der Waals surface area contributed by atoms with E-state index in [2.05, 4.69) is 15.2 Å². The zero-order chi connectivity index (χ0) is 34.4. The lowest BCUT2D eigenvalue weighted by Crippen LogP contribution is -3.14. The van der Waals surface area contributed by atoms with Crippen LogP contribution in [0.3, 0.4) is 0 Å². The molecule has 2 rings (SSSR count). The molecule has 2 aromatic rings. The topological polar surface area (TPSA) is 205 Å². The SMILES string of the molecule is Cc1ccc(S(=O)(=O)NCC[NH+](CC[NH3+])CCNS(=O)(=O)c2ccc(C)cc2)cc1.O=C([O-])C(F)(F)F.O=C([O-])C(F)(F)F. The van der Waals surface area contributed by atoms with Crippen molar-refractivity contribution in [3.63, 3.8) is 0 Å². The number of carbonyl (C=O) groups is 2. The second kappa shape index (κ2) is 17.9. The van der Waals surface area contributed by atoms with Gasteiger partial charge in [-0.3, -0.25) is 0 Å². The van der Waals surface area contributed by atoms with Crippen molar-refractivity contribution in [1.82, 2.24) is 9.44 Å². The molecule has 250 valence electrons. The number of alkyl halides is 6. The average molecular weight is 683 g/mol. The molecule has 20 heteroatoms. The molecule has 12 nitrogen and oxygen atoms in total. The van der Waals surface area contributed by atoms with E-state index in [0.717, 1.165) is 22.6 Å². The molecule has 0 heterocycles. The van der Waals surface area contributed by atoms with Crippen molar-refractivity contribution in [3.8, 4) is 0 Å². The molecule has 0 aliphatic rings. The summed E-state index contributed by atoms with van der Waals surface area (Å²) >= 11 is 0. The van der Waals surface area contributed by atoms with E-state index in [1.807, 2.05) is 13.8 Å². The van der Waals surface area contributed by atoms with Gasteiger partial charge in [0.25, 0.3) is 0 Å². The van der Waals surface area contributed by atoms with Crippen LogP contribution in [0, 0.1) is 13.8 Å². The summed E-state index contributed by atoms with van der Waals surface area (Å²) in [6, 6.07) is 13.4. The van der Waals surface area contributed by atoms with E-state index in [9.17, 15) is 43.2 Å². The third kappa shape index (κ3) is 16.5. The van der Waals surface area contributed by atoms with Gasteiger partial charge in [0, 0.05) is 0 Å². The number of hydrogen-bond donors (Lipinski definition) is 4. The van der Waals surface area contributed by atoms with E-state index in [0.29, 0.717) is 19.6 Å². The lowest BCUT2D eigenvalue weighted by atomic mass is 10.2. The summed E-state index contributed by atoms with van der Waals surface area (Å²) in [5, 5.41) is 17.6. The van der Waals surface area contributed by atoms with Gasteiger partial charge in [0.05, 0.1) is 36.0 Å². The monoisotopic (exact) mass is 682 g/mol. The van der Waals surface area contributed by atoms with Gasteiger partial charge in [-0.05, 0) is 38.1 Å². The van der Waals surface area contributed by atoms with Crippen molar-refractivity contribution >= 4 is 32.0 Å². The Kier molecular flexibility index (Phi) is 16.5. The number of nitrogens with one attached hydrogen (secondary N) is 3. The fourth-order valence-electron chi connectivity index (χ4n) is 2.95. The second-order valence-corrected chi connectivity index (χ2v) is 12.4. The number of hydrogen-bond acceptors (Lipinski definition) is 8. The minimum absolute atomic E-state index is 0.234. The summed E-state index contributed by atoms with van der Waals surface area (Å²) in [5.41, 5.74) is 5.84. The first-order valence-electron chi connectivity index (χ1n) is 12.3. The van der Waals surface area contributed by atoms with E-state index < -0.39 is 44.3 Å². The predicted molar refractivity (Wildman–Crippen MR) is 138 cm³/mol. The van der Waals surface area contributed by atoms with Gasteiger partial charge in [0.15, 0.2) is 0 Å². The molecule has 0 bridgehead atoms. The van der Waals surface area contributed by atoms with E-state index in [1.54, 1.807) is 48.5 Å². The summed E-state index contributed by atoms with van der Waals surface area (Å²) in [7, 11) is -7.12. The minimum atomic E-state index is -5.19. The number of benzene rings is 2. The summed E-state index contributed by atoms with van der Waals surface area (Å²) in [6.45, 7) is 6.78. The van der Waals surface area contributed by atoms with Crippen LogP contribution in [0.4, 0.5) is 26.3 Å². The van der Waals surface area contributed by atoms with Gasteiger partial charge in [-0.15, -0.1) is 0 Å². The number of quaternary nitrogens is 2. The zero-order valence-electron chi connectivity index (χ0n) is 23.4. The van der Waals surface area contributed by atoms with E-state index in [-0.39, 0.29) is 22.9 Å². The molecule has 0 fully saturated rings. The molecule has 0 radical (unpaired) electrons. The molecule has 2 aromatic carbocycles. The van der Waals surface area contributed by atoms with Crippen molar-refractivity contribution in [2.45, 2.75) is 36.0 Å². The highest BCUT2D eigenvalue weighted by molar-refractivity contribution is 7.89. The Morgan fingerprint density at radius 1 is 0.682 bits per heavy atom. The molecule has 0 spiro atoms. The standard InChI is InChI=1S/C20H30N4O4S2.2C2HF3O2/c1-17-3-7-19(8-4-17)29(25,26)22-12-15-24(14-11-21)16-13-23-30(27,28)20-9-5-18(2)6-10-20;2*3-2(4,5)1(6)7/h3-10,22-23H,11-16,21H2,1-2H3;2*(H,6,7). The van der Waals surface area contributed by atoms with Crippen LogP contribution in [0.15, 0.2) is 58.3 Å². The van der Waals surface area contributed by atoms with Crippen LogP contribution in [0.25, 0.3) is 0 Å². The molecule has 0 aliphatic carbocycles. The molecule has 0 atom stereocenters. The van der Waals surface area contributed by atoms with Gasteiger partial charge in [-0.1, -0.05) is 35.4 Å². The molecule has 44 heavy (non-hydrogen) atoms. The first-order valence-corrected chi connectivity index (χ1v) is 15.3. The third-order valence-electron chi connectivity index (χ3n) is 5.20. The van der Waals surface area contributed by atoms with Crippen molar-refractivity contribution in [2.24, 2.45) is 0 Å². The number of aryl methyl sites for hydroxylation is 2. The largest absolute Gasteiger partial charge is 0.542 e. The average Bonchev–Trinajstić information content (AvgIpc) is 2.88. The molecule has 0 amide bonds. The molecular weight excluding hydrogens is 650 g/mol. The Labute approximate surface area is 250 Å². The molecule has 0 saturated heterocycles. The molecule has 0 saturated carbocycles. The number of rotatable bonds is 12. The summed E-state index contributed by atoms with van der Waals surface area (Å²) in [5.74, 6) is -6.01. The van der Waals surface area contributed by atoms with Crippen molar-refractivity contribution in [2.75, 3.05) is 39.3 Å². The van der Waals surface area contributed by atoms with Gasteiger partial charge in [0.1, 0.15) is 25.0 Å². The summed E-state index contributed by atoms with van der Waals surface area (Å²) in [6.07, 6.45) is -10.4. The number of sulfonamides is 2. The first kappa shape index (κ1) is 40.7. The number of carbonyl (C=O) groups excluding carboxylic acids is 2. The van der Waals surface area contributed by atoms with Gasteiger partial charge < -0.3 is 30.4 Å². The quantitative estimate of drug-likeness (QED) is 0.173. The first-order chi connectivity index (χ1) is 20.0. The maximum Gasteiger partial charge on any atom is 0.430 e. The summed E-state index contributed by atoms with van der Waals surface area (Å²) < 4.78 is 118. The van der Waals surface area contributed by atoms with Crippen LogP contribution >= 0.6 is 0 Å². The van der Waals surface area contributed by atoms with Crippen molar-refractivity contribution in [3.05, 3.63) is 59.7 Å². The van der Waals surface area contributed by atoms with Gasteiger partial charge in [-0.2, -0.15) is 26.3 Å². The maximum absolute atomic E-state index is 12.4. The zero-order valence-corrected chi connectivity index (χ0v) is 25.1. The van der Waals surface area contributed by atoms with E-state index in [1.165, 1.54) is 0 Å². The van der Waals surface area contributed by atoms with Crippen LogP contribution in [-0.2, 0) is 29.6 Å². The van der Waals surface area contributed by atoms with E-state index in [4.69, 9.17) is 19.8 Å². The van der Waals surface area contributed by atoms with Crippen LogP contribution in [0.2, 0.25) is 0 Å². The molecule has 0 aromatic heterocycles. The third-order valence-corrected chi connectivity index (χ3v) is 8.15. The lowest BCUT2D eigenvalue weighted by molar-refractivity contribution is -0.902. The number of carboxylic acid groups (broad SMARTS) is 2. The Bertz CT molecular complexity index is 1300. The Morgan fingerprint density at radius 3 is 1.18 bits per heavy atom. The maximum atomic E-state index is 12.4. The molecular formula is C24H32F6N4O8S2. The predicted octanol–water partition coefficient (Wildman–Crippen LogP) is -2.72. The van der Waals surface area contributed by atoms with Crippen molar-refractivity contribution < 1.29 is 73.6 Å². The van der Waals surface area contributed by atoms with Gasteiger partial charge in [0.2, 0.25) is 20.0 Å². The van der Waals surface area contributed by atoms with Crippen LogP contribution in [0.5, 0.6) is 0 Å². The minimum Gasteiger partial charge on any atom is -0.542 e. The molecule has 0 unspecified atom stereocenters.